The first-order valence-corrected chi connectivity index (χ1v) is 13.5. The first kappa shape index (κ1) is 29.3. The summed E-state index contributed by atoms with van der Waals surface area (Å²) < 4.78 is 34.1. The van der Waals surface area contributed by atoms with Crippen molar-refractivity contribution in [2.75, 3.05) is 13.7 Å². The largest absolute Gasteiger partial charge is 0.483 e. The number of ether oxygens (including phenoxy) is 1. The fourth-order valence-corrected chi connectivity index (χ4v) is 4.90. The normalized spacial score (nSPS) is 11.0. The molecule has 3 N–H and O–H groups in total. The third-order valence-electron chi connectivity index (χ3n) is 5.73. The van der Waals surface area contributed by atoms with E-state index in [1.807, 2.05) is 60.4 Å². The minimum Gasteiger partial charge on any atom is -0.483 e. The molecule has 0 bridgehead atoms. The van der Waals surface area contributed by atoms with E-state index in [9.17, 15) is 13.2 Å². The van der Waals surface area contributed by atoms with E-state index in [-0.39, 0.29) is 17.9 Å². The predicted octanol–water partition coefficient (Wildman–Crippen LogP) is 3.42. The van der Waals surface area contributed by atoms with E-state index in [0.717, 1.165) is 45.1 Å². The molecule has 0 aliphatic carbocycles. The van der Waals surface area contributed by atoms with Crippen LogP contribution in [0.1, 0.15) is 28.2 Å². The predicted molar refractivity (Wildman–Crippen MR) is 146 cm³/mol. The molecule has 0 aliphatic heterocycles. The Kier molecular flexibility index (Phi) is 9.74. The zero-order valence-electron chi connectivity index (χ0n) is 22.1. The lowest BCUT2D eigenvalue weighted by Gasteiger charge is -2.11. The Morgan fingerprint density at radius 3 is 2.31 bits per heavy atom. The van der Waals surface area contributed by atoms with Gasteiger partial charge in [-0.05, 0) is 68.7 Å². The van der Waals surface area contributed by atoms with Gasteiger partial charge in [0, 0.05) is 25.0 Å². The molecule has 0 fully saturated rings. The first-order chi connectivity index (χ1) is 18.6. The van der Waals surface area contributed by atoms with Crippen LogP contribution in [0.15, 0.2) is 59.5 Å². The van der Waals surface area contributed by atoms with Gasteiger partial charge in [-0.2, -0.15) is 0 Å². The number of fused-ring (bicyclic) bond motifs is 1. The molecule has 2 aromatic carbocycles. The molecular weight excluding hydrogens is 522 g/mol. The number of nitrogens with zero attached hydrogens (tertiary/aromatic N) is 3. The van der Waals surface area contributed by atoms with Crippen molar-refractivity contribution in [3.05, 3.63) is 82.8 Å². The molecule has 0 aliphatic rings. The topological polar surface area (TPSA) is 153 Å². The average Bonchev–Trinajstić information content (AvgIpc) is 3.23. The summed E-state index contributed by atoms with van der Waals surface area (Å²) >= 11 is 0. The van der Waals surface area contributed by atoms with Crippen LogP contribution in [0.4, 0.5) is 4.79 Å². The van der Waals surface area contributed by atoms with E-state index in [4.69, 9.17) is 24.6 Å². The van der Waals surface area contributed by atoms with Crippen LogP contribution in [-0.4, -0.2) is 54.2 Å². The Morgan fingerprint density at radius 1 is 1.05 bits per heavy atom. The number of sulfonamides is 1. The van der Waals surface area contributed by atoms with E-state index in [0.29, 0.717) is 13.0 Å². The van der Waals surface area contributed by atoms with E-state index < -0.39 is 16.1 Å². The lowest BCUT2D eigenvalue weighted by molar-refractivity contribution is -0.122. The molecule has 0 spiro atoms. The van der Waals surface area contributed by atoms with Gasteiger partial charge in [0.05, 0.1) is 4.90 Å². The van der Waals surface area contributed by atoms with Gasteiger partial charge in [0.2, 0.25) is 0 Å². The fourth-order valence-electron chi connectivity index (χ4n) is 3.97. The van der Waals surface area contributed by atoms with Crippen LogP contribution >= 0.6 is 0 Å². The number of benzene rings is 2. The van der Waals surface area contributed by atoms with Gasteiger partial charge in [-0.3, -0.25) is 9.36 Å². The minimum atomic E-state index is -3.92. The number of pyridine rings is 1. The molecule has 12 heteroatoms. The Balaban J connectivity index is 0.00000134. The van der Waals surface area contributed by atoms with Crippen molar-refractivity contribution in [2.24, 2.45) is 0 Å². The second-order valence-electron chi connectivity index (χ2n) is 8.75. The molecule has 4 rings (SSSR count). The SMILES string of the molecule is COCc1nc2c(C)cc(C)nc2n1-c1ccc(CCNC(=O)NS(=O)(=O)c2ccc(C)cc2)cc1.O=CO. The van der Waals surface area contributed by atoms with E-state index in [1.165, 1.54) is 12.1 Å². The standard InChI is InChI=1S/C26H29N5O4S.CH2O2/c1-17-5-11-22(12-6-17)36(33,34)30-26(32)27-14-13-20-7-9-21(10-8-20)31-23(16-35-4)29-24-18(2)15-19(3)28-25(24)31;2-1-3/h5-12,15H,13-14,16H2,1-4H3,(H2,27,30,32);1H,(H,2,3). The molecule has 11 nitrogen and oxygen atoms in total. The number of imidazole rings is 1. The highest BCUT2D eigenvalue weighted by atomic mass is 32.2. The number of hydrogen-bond acceptors (Lipinski definition) is 7. The molecule has 4 aromatic rings. The van der Waals surface area contributed by atoms with Gasteiger partial charge in [-0.15, -0.1) is 0 Å². The molecule has 2 amide bonds. The quantitative estimate of drug-likeness (QED) is 0.281. The number of aromatic nitrogens is 3. The molecule has 39 heavy (non-hydrogen) atoms. The van der Waals surface area contributed by atoms with Gasteiger partial charge in [0.25, 0.3) is 16.5 Å². The van der Waals surface area contributed by atoms with Gasteiger partial charge < -0.3 is 15.2 Å². The van der Waals surface area contributed by atoms with E-state index in [1.54, 1.807) is 19.2 Å². The van der Waals surface area contributed by atoms with Crippen molar-refractivity contribution in [3.8, 4) is 5.69 Å². The first-order valence-electron chi connectivity index (χ1n) is 12.0. The lowest BCUT2D eigenvalue weighted by atomic mass is 10.1. The molecule has 0 radical (unpaired) electrons. The monoisotopic (exact) mass is 553 g/mol. The maximum absolute atomic E-state index is 12.4. The van der Waals surface area contributed by atoms with Crippen LogP contribution in [0.25, 0.3) is 16.9 Å². The smallest absolute Gasteiger partial charge is 0.328 e. The van der Waals surface area contributed by atoms with Gasteiger partial charge in [0.1, 0.15) is 17.9 Å². The number of urea groups is 1. The molecule has 0 atom stereocenters. The molecular formula is C27H31N5O6S. The number of amides is 2. The zero-order chi connectivity index (χ0) is 28.6. The highest BCUT2D eigenvalue weighted by Gasteiger charge is 2.18. The number of hydrogen-bond donors (Lipinski definition) is 3. The summed E-state index contributed by atoms with van der Waals surface area (Å²) in [4.78, 5) is 30.0. The summed E-state index contributed by atoms with van der Waals surface area (Å²) in [5.41, 5.74) is 6.41. The molecule has 2 heterocycles. The summed E-state index contributed by atoms with van der Waals surface area (Å²) in [6.07, 6.45) is 0.532. The Labute approximate surface area is 226 Å². The molecule has 206 valence electrons. The van der Waals surface area contributed by atoms with Crippen molar-refractivity contribution in [1.29, 1.82) is 0 Å². The number of carbonyl (C=O) groups excluding carboxylic acids is 1. The van der Waals surface area contributed by atoms with Crippen LogP contribution in [0.3, 0.4) is 0 Å². The Bertz CT molecular complexity index is 1550. The van der Waals surface area contributed by atoms with Crippen molar-refractivity contribution in [1.82, 2.24) is 24.6 Å². The summed E-state index contributed by atoms with van der Waals surface area (Å²) in [6.45, 7) is 6.21. The molecule has 2 aromatic heterocycles. The minimum absolute atomic E-state index is 0.0404. The van der Waals surface area contributed by atoms with Gasteiger partial charge in [0.15, 0.2) is 5.65 Å². The lowest BCUT2D eigenvalue weighted by Crippen LogP contribution is -2.40. The fraction of sp³-hybridized carbons (Fsp3) is 0.259. The van der Waals surface area contributed by atoms with Gasteiger partial charge in [-0.25, -0.2) is 27.9 Å². The third-order valence-corrected chi connectivity index (χ3v) is 7.08. The Morgan fingerprint density at radius 2 is 1.69 bits per heavy atom. The van der Waals surface area contributed by atoms with Gasteiger partial charge >= 0.3 is 6.03 Å². The number of nitrogens with one attached hydrogen (secondary N) is 2. The summed E-state index contributed by atoms with van der Waals surface area (Å²) in [5.74, 6) is 0.759. The van der Waals surface area contributed by atoms with Crippen LogP contribution in [0.5, 0.6) is 0 Å². The van der Waals surface area contributed by atoms with Crippen LogP contribution < -0.4 is 10.0 Å². The zero-order valence-corrected chi connectivity index (χ0v) is 22.9. The third kappa shape index (κ3) is 7.39. The molecule has 0 unspecified atom stereocenters. The van der Waals surface area contributed by atoms with Gasteiger partial charge in [-0.1, -0.05) is 29.8 Å². The summed E-state index contributed by atoms with van der Waals surface area (Å²) in [6, 6.07) is 15.4. The molecule has 0 saturated heterocycles. The van der Waals surface area contributed by atoms with Crippen molar-refractivity contribution in [2.45, 2.75) is 38.7 Å². The number of aryl methyl sites for hydroxylation is 3. The van der Waals surface area contributed by atoms with Crippen molar-refractivity contribution >= 4 is 33.7 Å². The number of carbonyl (C=O) groups is 2. The number of methoxy groups -OCH3 is 1. The maximum atomic E-state index is 12.4. The number of rotatable bonds is 8. The van der Waals surface area contributed by atoms with Crippen LogP contribution in [-0.2, 0) is 32.6 Å². The maximum Gasteiger partial charge on any atom is 0.328 e. The second kappa shape index (κ2) is 13.0. The van der Waals surface area contributed by atoms with E-state index >= 15 is 0 Å². The second-order valence-corrected chi connectivity index (χ2v) is 10.4. The Hall–Kier alpha value is -4.29. The van der Waals surface area contributed by atoms with Crippen LogP contribution in [0, 0.1) is 20.8 Å². The molecule has 0 saturated carbocycles. The highest BCUT2D eigenvalue weighted by Crippen LogP contribution is 2.24. The highest BCUT2D eigenvalue weighted by molar-refractivity contribution is 7.90. The summed E-state index contributed by atoms with van der Waals surface area (Å²) in [5, 5.41) is 9.49. The number of carboxylic acid groups (broad SMARTS) is 1. The van der Waals surface area contributed by atoms with E-state index in [2.05, 4.69) is 5.32 Å². The van der Waals surface area contributed by atoms with Crippen LogP contribution in [0.2, 0.25) is 0 Å². The van der Waals surface area contributed by atoms with Crippen molar-refractivity contribution in [3.63, 3.8) is 0 Å². The van der Waals surface area contributed by atoms with Crippen molar-refractivity contribution < 1.29 is 27.9 Å². The summed E-state index contributed by atoms with van der Waals surface area (Å²) in [7, 11) is -2.29. The average molecular weight is 554 g/mol.